The zero-order chi connectivity index (χ0) is 20.6. The molecule has 10 heteroatoms. The molecule has 0 atom stereocenters. The number of halogens is 1. The maximum atomic E-state index is 12.1. The van der Waals surface area contributed by atoms with Crippen molar-refractivity contribution in [3.8, 4) is 5.75 Å². The number of ether oxygens (including phenoxy) is 1. The van der Waals surface area contributed by atoms with Crippen LogP contribution in [0.4, 0.5) is 5.69 Å². The van der Waals surface area contributed by atoms with Crippen molar-refractivity contribution in [2.75, 3.05) is 18.2 Å². The highest BCUT2D eigenvalue weighted by Gasteiger charge is 2.11. The minimum atomic E-state index is -0.247. The van der Waals surface area contributed by atoms with Crippen molar-refractivity contribution in [1.82, 2.24) is 20.5 Å². The molecule has 0 unspecified atom stereocenters. The van der Waals surface area contributed by atoms with Crippen LogP contribution in [0.3, 0.4) is 0 Å². The molecule has 1 heterocycles. The zero-order valence-corrected chi connectivity index (χ0v) is 17.0. The molecule has 0 radical (unpaired) electrons. The van der Waals surface area contributed by atoms with E-state index in [-0.39, 0.29) is 24.1 Å². The normalized spacial score (nSPS) is 10.4. The molecule has 0 saturated heterocycles. The number of para-hydroxylation sites is 2. The van der Waals surface area contributed by atoms with Gasteiger partial charge in [0.25, 0.3) is 5.91 Å². The van der Waals surface area contributed by atoms with Crippen molar-refractivity contribution in [3.05, 3.63) is 64.9 Å². The number of aromatic nitrogens is 3. The second kappa shape index (κ2) is 9.94. The molecule has 0 saturated carbocycles. The van der Waals surface area contributed by atoms with Gasteiger partial charge in [-0.3, -0.25) is 14.7 Å². The summed E-state index contributed by atoms with van der Waals surface area (Å²) in [6.45, 7) is 0.183. The summed E-state index contributed by atoms with van der Waals surface area (Å²) in [5.74, 6) is 0.750. The van der Waals surface area contributed by atoms with E-state index in [2.05, 4.69) is 25.8 Å². The minimum Gasteiger partial charge on any atom is -0.495 e. The number of hydrogen-bond donors (Lipinski definition) is 3. The van der Waals surface area contributed by atoms with Gasteiger partial charge in [0.1, 0.15) is 11.6 Å². The number of aromatic amines is 1. The Balaban J connectivity index is 1.47. The van der Waals surface area contributed by atoms with Crippen LogP contribution in [-0.2, 0) is 11.3 Å². The summed E-state index contributed by atoms with van der Waals surface area (Å²) in [4.78, 5) is 28.5. The van der Waals surface area contributed by atoms with Gasteiger partial charge in [-0.1, -0.05) is 35.5 Å². The lowest BCUT2D eigenvalue weighted by atomic mass is 10.2. The predicted molar refractivity (Wildman–Crippen MR) is 111 cm³/mol. The van der Waals surface area contributed by atoms with Crippen LogP contribution in [0.5, 0.6) is 5.75 Å². The lowest BCUT2D eigenvalue weighted by Crippen LogP contribution is -2.23. The van der Waals surface area contributed by atoms with Crippen LogP contribution < -0.4 is 15.4 Å². The third-order valence-corrected chi connectivity index (χ3v) is 4.85. The number of nitrogens with one attached hydrogen (secondary N) is 3. The number of carbonyl (C=O) groups excluding carboxylic acids is 2. The van der Waals surface area contributed by atoms with Crippen molar-refractivity contribution in [2.45, 2.75) is 11.7 Å². The number of anilines is 1. The van der Waals surface area contributed by atoms with Crippen LogP contribution in [0.2, 0.25) is 5.02 Å². The van der Waals surface area contributed by atoms with E-state index in [4.69, 9.17) is 16.3 Å². The van der Waals surface area contributed by atoms with Gasteiger partial charge in [0.2, 0.25) is 11.1 Å². The predicted octanol–water partition coefficient (Wildman–Crippen LogP) is 3.13. The first-order valence-electron chi connectivity index (χ1n) is 8.56. The van der Waals surface area contributed by atoms with Crippen LogP contribution in [0.1, 0.15) is 16.2 Å². The van der Waals surface area contributed by atoms with E-state index in [9.17, 15) is 9.59 Å². The van der Waals surface area contributed by atoms with E-state index in [1.807, 2.05) is 12.1 Å². The maximum absolute atomic E-state index is 12.1. The van der Waals surface area contributed by atoms with Crippen molar-refractivity contribution in [3.63, 3.8) is 0 Å². The fraction of sp³-hybridized carbons (Fsp3) is 0.158. The molecule has 0 fully saturated rings. The average molecular weight is 432 g/mol. The number of carbonyl (C=O) groups is 2. The van der Waals surface area contributed by atoms with Crippen molar-refractivity contribution < 1.29 is 14.3 Å². The Bertz CT molecular complexity index is 994. The molecule has 150 valence electrons. The molecule has 1 aromatic heterocycles. The second-order valence-corrected chi connectivity index (χ2v) is 7.17. The molecule has 3 aromatic rings. The van der Waals surface area contributed by atoms with E-state index >= 15 is 0 Å². The summed E-state index contributed by atoms with van der Waals surface area (Å²) in [7, 11) is 1.54. The molecule has 0 spiro atoms. The fourth-order valence-electron chi connectivity index (χ4n) is 2.35. The number of nitrogens with zero attached hydrogens (tertiary/aromatic N) is 2. The van der Waals surface area contributed by atoms with E-state index in [0.717, 1.165) is 0 Å². The van der Waals surface area contributed by atoms with E-state index in [0.29, 0.717) is 33.0 Å². The molecule has 2 amide bonds. The van der Waals surface area contributed by atoms with Gasteiger partial charge in [-0.25, -0.2) is 4.98 Å². The third-order valence-electron chi connectivity index (χ3n) is 3.75. The molecular weight excluding hydrogens is 414 g/mol. The van der Waals surface area contributed by atoms with Gasteiger partial charge >= 0.3 is 0 Å². The second-order valence-electron chi connectivity index (χ2n) is 5.79. The summed E-state index contributed by atoms with van der Waals surface area (Å²) in [5.41, 5.74) is 1.10. The molecule has 0 aliphatic rings. The highest BCUT2D eigenvalue weighted by atomic mass is 35.5. The molecule has 3 N–H and O–H groups in total. The molecule has 3 rings (SSSR count). The molecule has 0 aliphatic heterocycles. The number of rotatable bonds is 8. The zero-order valence-electron chi connectivity index (χ0n) is 15.4. The first kappa shape index (κ1) is 20.7. The van der Waals surface area contributed by atoms with E-state index in [1.165, 1.54) is 11.8 Å². The first-order chi connectivity index (χ1) is 14.0. The Kier molecular flexibility index (Phi) is 7.09. The van der Waals surface area contributed by atoms with Crippen LogP contribution in [-0.4, -0.2) is 39.9 Å². The molecule has 0 aliphatic carbocycles. The van der Waals surface area contributed by atoms with Gasteiger partial charge in [0.15, 0.2) is 0 Å². The quantitative estimate of drug-likeness (QED) is 0.473. The lowest BCUT2D eigenvalue weighted by molar-refractivity contribution is -0.113. The highest BCUT2D eigenvalue weighted by molar-refractivity contribution is 7.99. The van der Waals surface area contributed by atoms with Gasteiger partial charge in [0, 0.05) is 10.6 Å². The summed E-state index contributed by atoms with van der Waals surface area (Å²) in [5, 5.41) is 13.3. The van der Waals surface area contributed by atoms with Gasteiger partial charge in [-0.05, 0) is 36.4 Å². The fourth-order valence-corrected chi connectivity index (χ4v) is 3.10. The van der Waals surface area contributed by atoms with Gasteiger partial charge in [-0.2, -0.15) is 0 Å². The average Bonchev–Trinajstić information content (AvgIpc) is 3.19. The number of benzene rings is 2. The van der Waals surface area contributed by atoms with Crippen LogP contribution >= 0.6 is 23.4 Å². The molecule has 8 nitrogen and oxygen atoms in total. The summed E-state index contributed by atoms with van der Waals surface area (Å²) in [6.07, 6.45) is 0. The van der Waals surface area contributed by atoms with Crippen LogP contribution in [0.25, 0.3) is 0 Å². The monoisotopic (exact) mass is 431 g/mol. The standard InChI is InChI=1S/C19H18ClN5O3S/c1-28-15-5-3-2-4-14(15)22-17(26)11-29-19-23-16(24-25-19)10-21-18(27)12-6-8-13(20)9-7-12/h2-9H,10-11H2,1H3,(H,21,27)(H,22,26)(H,23,24,25). The Morgan fingerprint density at radius 1 is 1.17 bits per heavy atom. The molecular formula is C19H18ClN5O3S. The van der Waals surface area contributed by atoms with Crippen molar-refractivity contribution in [1.29, 1.82) is 0 Å². The number of amides is 2. The minimum absolute atomic E-state index is 0.131. The smallest absolute Gasteiger partial charge is 0.251 e. The van der Waals surface area contributed by atoms with Crippen LogP contribution in [0, 0.1) is 0 Å². The summed E-state index contributed by atoms with van der Waals surface area (Å²) < 4.78 is 5.20. The Morgan fingerprint density at radius 3 is 2.69 bits per heavy atom. The van der Waals surface area contributed by atoms with Crippen molar-refractivity contribution in [2.24, 2.45) is 0 Å². The number of thioether (sulfide) groups is 1. The number of H-pyrrole nitrogens is 1. The Hall–Kier alpha value is -3.04. The Labute approximate surface area is 176 Å². The van der Waals surface area contributed by atoms with E-state index < -0.39 is 0 Å². The van der Waals surface area contributed by atoms with Crippen LogP contribution in [0.15, 0.2) is 53.7 Å². The topological polar surface area (TPSA) is 109 Å². The number of methoxy groups -OCH3 is 1. The summed E-state index contributed by atoms with van der Waals surface area (Å²) >= 11 is 6.99. The third kappa shape index (κ3) is 5.97. The highest BCUT2D eigenvalue weighted by Crippen LogP contribution is 2.23. The first-order valence-corrected chi connectivity index (χ1v) is 9.92. The van der Waals surface area contributed by atoms with E-state index in [1.54, 1.807) is 43.5 Å². The van der Waals surface area contributed by atoms with Gasteiger partial charge in [-0.15, -0.1) is 5.10 Å². The number of hydrogen-bond acceptors (Lipinski definition) is 6. The van der Waals surface area contributed by atoms with Gasteiger partial charge in [0.05, 0.1) is 25.1 Å². The molecule has 0 bridgehead atoms. The Morgan fingerprint density at radius 2 is 1.93 bits per heavy atom. The SMILES string of the molecule is COc1ccccc1NC(=O)CSc1n[nH]c(CNC(=O)c2ccc(Cl)cc2)n1. The largest absolute Gasteiger partial charge is 0.495 e. The molecule has 2 aromatic carbocycles. The van der Waals surface area contributed by atoms with Gasteiger partial charge < -0.3 is 15.4 Å². The maximum Gasteiger partial charge on any atom is 0.251 e. The van der Waals surface area contributed by atoms with Crippen molar-refractivity contribution >= 4 is 40.9 Å². The molecule has 29 heavy (non-hydrogen) atoms. The summed E-state index contributed by atoms with van der Waals surface area (Å²) in [6, 6.07) is 13.7. The lowest BCUT2D eigenvalue weighted by Gasteiger charge is -2.08.